The zero-order chi connectivity index (χ0) is 10.8. The summed E-state index contributed by atoms with van der Waals surface area (Å²) in [5, 5.41) is 0. The molecule has 0 bridgehead atoms. The zero-order valence-electron chi connectivity index (χ0n) is 9.29. The topological polar surface area (TPSA) is 61.0 Å². The van der Waals surface area contributed by atoms with Gasteiger partial charge in [-0.3, -0.25) is 0 Å². The molecule has 1 aliphatic heterocycles. The first-order valence-corrected chi connectivity index (χ1v) is 5.43. The Kier molecular flexibility index (Phi) is 2.86. The molecule has 1 fully saturated rings. The van der Waals surface area contributed by atoms with Crippen molar-refractivity contribution in [3.05, 3.63) is 17.1 Å². The second-order valence-corrected chi connectivity index (χ2v) is 3.95. The van der Waals surface area contributed by atoms with Gasteiger partial charge in [-0.15, -0.1) is 0 Å². The molecular weight excluding hydrogens is 190 g/mol. The Morgan fingerprint density at radius 1 is 1.47 bits per heavy atom. The summed E-state index contributed by atoms with van der Waals surface area (Å²) in [7, 11) is 0. The van der Waals surface area contributed by atoms with Gasteiger partial charge < -0.3 is 10.5 Å². The molecule has 15 heavy (non-hydrogen) atoms. The van der Waals surface area contributed by atoms with Crippen LogP contribution in [0.3, 0.4) is 0 Å². The molecule has 4 heteroatoms. The molecular formula is C11H17N3O. The summed E-state index contributed by atoms with van der Waals surface area (Å²) in [5.74, 6) is 1.81. The highest BCUT2D eigenvalue weighted by Gasteiger charge is 2.21. The van der Waals surface area contributed by atoms with E-state index in [0.717, 1.165) is 43.1 Å². The Hall–Kier alpha value is -1.16. The Morgan fingerprint density at radius 2 is 2.27 bits per heavy atom. The maximum Gasteiger partial charge on any atom is 0.136 e. The average molecular weight is 207 g/mol. The molecule has 1 aromatic heterocycles. The van der Waals surface area contributed by atoms with E-state index in [2.05, 4.69) is 16.9 Å². The summed E-state index contributed by atoms with van der Waals surface area (Å²) in [6.45, 7) is 5.60. The lowest BCUT2D eigenvalue weighted by molar-refractivity contribution is 0.193. The third-order valence-electron chi connectivity index (χ3n) is 2.91. The highest BCUT2D eigenvalue weighted by molar-refractivity contribution is 5.42. The highest BCUT2D eigenvalue weighted by atomic mass is 16.5. The van der Waals surface area contributed by atoms with Gasteiger partial charge in [0.15, 0.2) is 0 Å². The van der Waals surface area contributed by atoms with Gasteiger partial charge in [0.05, 0.1) is 6.61 Å². The normalized spacial score (nSPS) is 20.8. The number of nitrogens with zero attached hydrogens (tertiary/aromatic N) is 2. The maximum atomic E-state index is 5.91. The van der Waals surface area contributed by atoms with E-state index in [0.29, 0.717) is 11.7 Å². The van der Waals surface area contributed by atoms with E-state index in [4.69, 9.17) is 10.5 Å². The fourth-order valence-electron chi connectivity index (χ4n) is 2.00. The molecule has 0 aliphatic carbocycles. The second kappa shape index (κ2) is 4.14. The third-order valence-corrected chi connectivity index (χ3v) is 2.91. The van der Waals surface area contributed by atoms with E-state index in [1.807, 2.05) is 6.92 Å². The first-order chi connectivity index (χ1) is 7.22. The van der Waals surface area contributed by atoms with Crippen molar-refractivity contribution in [1.29, 1.82) is 0 Å². The summed E-state index contributed by atoms with van der Waals surface area (Å²) in [4.78, 5) is 8.89. The van der Waals surface area contributed by atoms with Crippen molar-refractivity contribution in [2.45, 2.75) is 32.6 Å². The van der Waals surface area contributed by atoms with E-state index in [9.17, 15) is 0 Å². The van der Waals surface area contributed by atoms with Gasteiger partial charge in [-0.2, -0.15) is 0 Å². The molecule has 0 spiro atoms. The average Bonchev–Trinajstić information content (AvgIpc) is 2.69. The van der Waals surface area contributed by atoms with Crippen molar-refractivity contribution in [2.75, 3.05) is 18.9 Å². The van der Waals surface area contributed by atoms with Crippen molar-refractivity contribution in [3.8, 4) is 0 Å². The van der Waals surface area contributed by atoms with Crippen LogP contribution >= 0.6 is 0 Å². The van der Waals surface area contributed by atoms with E-state index < -0.39 is 0 Å². The van der Waals surface area contributed by atoms with Gasteiger partial charge in [0, 0.05) is 23.8 Å². The molecule has 2 heterocycles. The summed E-state index contributed by atoms with van der Waals surface area (Å²) in [5.41, 5.74) is 7.98. The van der Waals surface area contributed by atoms with Crippen molar-refractivity contribution in [1.82, 2.24) is 9.97 Å². The molecule has 82 valence electrons. The number of anilines is 1. The number of nitrogens with two attached hydrogens (primary N) is 1. The molecule has 1 aliphatic rings. The third kappa shape index (κ3) is 1.95. The lowest BCUT2D eigenvalue weighted by Crippen LogP contribution is -2.10. The van der Waals surface area contributed by atoms with Crippen LogP contribution in [0.4, 0.5) is 5.82 Å². The van der Waals surface area contributed by atoms with Crippen LogP contribution in [0.15, 0.2) is 0 Å². The molecule has 2 rings (SSSR count). The van der Waals surface area contributed by atoms with Gasteiger partial charge >= 0.3 is 0 Å². The number of hydrogen-bond acceptors (Lipinski definition) is 4. The molecule has 4 nitrogen and oxygen atoms in total. The molecule has 1 atom stereocenters. The predicted molar refractivity (Wildman–Crippen MR) is 58.7 cm³/mol. The molecule has 0 radical (unpaired) electrons. The summed E-state index contributed by atoms with van der Waals surface area (Å²) in [6.07, 6.45) is 1.89. The second-order valence-electron chi connectivity index (χ2n) is 3.95. The van der Waals surface area contributed by atoms with Crippen molar-refractivity contribution in [3.63, 3.8) is 0 Å². The van der Waals surface area contributed by atoms with Crippen LogP contribution in [0.5, 0.6) is 0 Å². The van der Waals surface area contributed by atoms with Crippen molar-refractivity contribution in [2.24, 2.45) is 0 Å². The van der Waals surface area contributed by atoms with Crippen LogP contribution in [0, 0.1) is 6.92 Å². The van der Waals surface area contributed by atoms with Gasteiger partial charge in [0.1, 0.15) is 11.6 Å². The fourth-order valence-corrected chi connectivity index (χ4v) is 2.00. The number of aryl methyl sites for hydroxylation is 1. The number of hydrogen-bond donors (Lipinski definition) is 1. The molecule has 1 unspecified atom stereocenters. The molecule has 1 aromatic rings. The van der Waals surface area contributed by atoms with E-state index in [-0.39, 0.29) is 0 Å². The molecule has 0 saturated carbocycles. The molecule has 2 N–H and O–H groups in total. The van der Waals surface area contributed by atoms with Gasteiger partial charge in [-0.1, -0.05) is 6.92 Å². The maximum absolute atomic E-state index is 5.91. The Balaban J connectivity index is 2.33. The molecule has 1 saturated heterocycles. The molecule has 0 amide bonds. The lowest BCUT2D eigenvalue weighted by atomic mass is 10.1. The Morgan fingerprint density at radius 3 is 2.80 bits per heavy atom. The van der Waals surface area contributed by atoms with Gasteiger partial charge in [-0.05, 0) is 19.8 Å². The number of aromatic nitrogens is 2. The van der Waals surface area contributed by atoms with E-state index in [1.54, 1.807) is 0 Å². The minimum Gasteiger partial charge on any atom is -0.383 e. The van der Waals surface area contributed by atoms with Crippen molar-refractivity contribution < 1.29 is 4.74 Å². The SMILES string of the molecule is CCc1c(C)nc(C2CCOC2)nc1N. The summed E-state index contributed by atoms with van der Waals surface area (Å²) < 4.78 is 5.33. The minimum atomic E-state index is 0.330. The number of rotatable bonds is 2. The summed E-state index contributed by atoms with van der Waals surface area (Å²) >= 11 is 0. The Bertz CT molecular complexity index is 336. The first kappa shape index (κ1) is 10.4. The van der Waals surface area contributed by atoms with E-state index >= 15 is 0 Å². The van der Waals surface area contributed by atoms with Crippen LogP contribution in [0.1, 0.15) is 36.3 Å². The van der Waals surface area contributed by atoms with Crippen LogP contribution in [-0.4, -0.2) is 23.2 Å². The van der Waals surface area contributed by atoms with Crippen LogP contribution in [-0.2, 0) is 11.2 Å². The van der Waals surface area contributed by atoms with E-state index in [1.165, 1.54) is 0 Å². The highest BCUT2D eigenvalue weighted by Crippen LogP contribution is 2.24. The number of nitrogen functional groups attached to an aromatic ring is 1. The quantitative estimate of drug-likeness (QED) is 0.797. The monoisotopic (exact) mass is 207 g/mol. The van der Waals surface area contributed by atoms with Crippen LogP contribution in [0.25, 0.3) is 0 Å². The van der Waals surface area contributed by atoms with Crippen LogP contribution < -0.4 is 5.73 Å². The summed E-state index contributed by atoms with van der Waals surface area (Å²) in [6, 6.07) is 0. The van der Waals surface area contributed by atoms with Gasteiger partial charge in [0.2, 0.25) is 0 Å². The van der Waals surface area contributed by atoms with Crippen LogP contribution in [0.2, 0.25) is 0 Å². The van der Waals surface area contributed by atoms with Crippen molar-refractivity contribution >= 4 is 5.82 Å². The van der Waals surface area contributed by atoms with Gasteiger partial charge in [0.25, 0.3) is 0 Å². The number of ether oxygens (including phenoxy) is 1. The standard InChI is InChI=1S/C11H17N3O/c1-3-9-7(2)13-11(14-10(9)12)8-4-5-15-6-8/h8H,3-6H2,1-2H3,(H2,12,13,14). The minimum absolute atomic E-state index is 0.330. The largest absolute Gasteiger partial charge is 0.383 e. The zero-order valence-corrected chi connectivity index (χ0v) is 9.29. The lowest BCUT2D eigenvalue weighted by Gasteiger charge is -2.11. The smallest absolute Gasteiger partial charge is 0.136 e. The Labute approximate surface area is 89.9 Å². The van der Waals surface area contributed by atoms with Gasteiger partial charge in [-0.25, -0.2) is 9.97 Å². The first-order valence-electron chi connectivity index (χ1n) is 5.43. The predicted octanol–water partition coefficient (Wildman–Crippen LogP) is 1.43. The molecule has 0 aromatic carbocycles. The fraction of sp³-hybridized carbons (Fsp3) is 0.636.